The molecule has 6 heteroatoms. The van der Waals surface area contributed by atoms with Crippen LogP contribution in [0.25, 0.3) is 11.1 Å². The Morgan fingerprint density at radius 3 is 2.75 bits per heavy atom. The molecule has 1 unspecified atom stereocenters. The average molecular weight is 329 g/mol. The molecule has 0 spiro atoms. The minimum absolute atomic E-state index is 0.0489. The lowest BCUT2D eigenvalue weighted by molar-refractivity contribution is -0.142. The van der Waals surface area contributed by atoms with Crippen LogP contribution in [0.4, 0.5) is 0 Å². The third-order valence-corrected chi connectivity index (χ3v) is 4.46. The predicted molar refractivity (Wildman–Crippen MR) is 89.8 cm³/mol. The number of aromatic nitrogens is 3. The van der Waals surface area contributed by atoms with Crippen molar-refractivity contribution in [1.82, 2.24) is 14.8 Å². The first kappa shape index (κ1) is 16.5. The Bertz CT molecular complexity index is 720. The molecule has 0 saturated heterocycles. The van der Waals surface area contributed by atoms with Gasteiger partial charge in [-0.1, -0.05) is 20.8 Å². The second kappa shape index (κ2) is 6.63. The van der Waals surface area contributed by atoms with Crippen LogP contribution in [0.3, 0.4) is 0 Å². The van der Waals surface area contributed by atoms with Crippen molar-refractivity contribution in [2.24, 2.45) is 11.8 Å². The van der Waals surface area contributed by atoms with Crippen LogP contribution in [-0.4, -0.2) is 31.9 Å². The SMILES string of the molecule is CC(C)C(C(=O)O)n1cc(-c2ccnc(O[C@H]3C[C@@H](C)C3)c2)cn1. The number of rotatable bonds is 6. The molecule has 1 atom stereocenters. The fourth-order valence-electron chi connectivity index (χ4n) is 3.09. The van der Waals surface area contributed by atoms with Gasteiger partial charge in [-0.25, -0.2) is 9.78 Å². The number of carbonyl (C=O) groups is 1. The highest BCUT2D eigenvalue weighted by Gasteiger charge is 2.27. The third kappa shape index (κ3) is 3.42. The first-order valence-electron chi connectivity index (χ1n) is 8.34. The molecule has 0 aliphatic heterocycles. The Hall–Kier alpha value is -2.37. The molecule has 2 aromatic rings. The van der Waals surface area contributed by atoms with Gasteiger partial charge >= 0.3 is 5.97 Å². The van der Waals surface area contributed by atoms with Gasteiger partial charge in [0.2, 0.25) is 5.88 Å². The lowest BCUT2D eigenvalue weighted by atomic mass is 9.84. The van der Waals surface area contributed by atoms with E-state index in [4.69, 9.17) is 4.74 Å². The van der Waals surface area contributed by atoms with Crippen molar-refractivity contribution in [1.29, 1.82) is 0 Å². The van der Waals surface area contributed by atoms with Crippen LogP contribution < -0.4 is 4.74 Å². The van der Waals surface area contributed by atoms with Crippen molar-refractivity contribution in [3.63, 3.8) is 0 Å². The summed E-state index contributed by atoms with van der Waals surface area (Å²) in [6.45, 7) is 5.96. The van der Waals surface area contributed by atoms with Gasteiger partial charge < -0.3 is 9.84 Å². The molecule has 1 saturated carbocycles. The average Bonchev–Trinajstić information content (AvgIpc) is 2.94. The molecule has 0 amide bonds. The lowest BCUT2D eigenvalue weighted by Gasteiger charge is -2.32. The Morgan fingerprint density at radius 1 is 1.38 bits per heavy atom. The normalized spacial score (nSPS) is 21.3. The molecule has 2 aromatic heterocycles. The number of nitrogens with zero attached hydrogens (tertiary/aromatic N) is 3. The topological polar surface area (TPSA) is 77.2 Å². The Morgan fingerprint density at radius 2 is 2.12 bits per heavy atom. The Balaban J connectivity index is 1.78. The van der Waals surface area contributed by atoms with E-state index in [2.05, 4.69) is 17.0 Å². The van der Waals surface area contributed by atoms with Gasteiger partial charge in [0.1, 0.15) is 6.10 Å². The number of carboxylic acids is 1. The summed E-state index contributed by atoms with van der Waals surface area (Å²) in [4.78, 5) is 15.7. The van der Waals surface area contributed by atoms with Gasteiger partial charge in [0, 0.05) is 24.0 Å². The molecule has 6 nitrogen and oxygen atoms in total. The molecule has 1 aliphatic carbocycles. The van der Waals surface area contributed by atoms with Crippen LogP contribution in [-0.2, 0) is 4.79 Å². The van der Waals surface area contributed by atoms with Crippen molar-refractivity contribution < 1.29 is 14.6 Å². The van der Waals surface area contributed by atoms with E-state index in [9.17, 15) is 9.90 Å². The summed E-state index contributed by atoms with van der Waals surface area (Å²) < 4.78 is 7.39. The molecule has 0 bridgehead atoms. The van der Waals surface area contributed by atoms with Gasteiger partial charge in [-0.05, 0) is 36.3 Å². The largest absolute Gasteiger partial charge is 0.480 e. The van der Waals surface area contributed by atoms with Crippen LogP contribution in [0.1, 0.15) is 39.7 Å². The zero-order chi connectivity index (χ0) is 17.3. The maximum atomic E-state index is 11.4. The number of carboxylic acid groups (broad SMARTS) is 1. The van der Waals surface area contributed by atoms with E-state index in [0.29, 0.717) is 5.88 Å². The van der Waals surface area contributed by atoms with Crippen LogP contribution >= 0.6 is 0 Å². The number of ether oxygens (including phenoxy) is 1. The van der Waals surface area contributed by atoms with Crippen molar-refractivity contribution in [3.05, 3.63) is 30.7 Å². The summed E-state index contributed by atoms with van der Waals surface area (Å²) in [5.41, 5.74) is 1.78. The summed E-state index contributed by atoms with van der Waals surface area (Å²) >= 11 is 0. The van der Waals surface area contributed by atoms with E-state index in [1.807, 2.05) is 26.0 Å². The molecule has 0 radical (unpaired) electrons. The molecule has 0 aromatic carbocycles. The molecule has 128 valence electrons. The van der Waals surface area contributed by atoms with E-state index in [0.717, 1.165) is 29.9 Å². The van der Waals surface area contributed by atoms with Crippen LogP contribution in [0, 0.1) is 11.8 Å². The van der Waals surface area contributed by atoms with Crippen LogP contribution in [0.5, 0.6) is 5.88 Å². The van der Waals surface area contributed by atoms with Gasteiger partial charge in [0.05, 0.1) is 6.20 Å². The highest BCUT2D eigenvalue weighted by Crippen LogP contribution is 2.31. The van der Waals surface area contributed by atoms with E-state index in [1.165, 1.54) is 4.68 Å². The molecular formula is C18H23N3O3. The van der Waals surface area contributed by atoms with Gasteiger partial charge in [0.25, 0.3) is 0 Å². The number of hydrogen-bond donors (Lipinski definition) is 1. The quantitative estimate of drug-likeness (QED) is 0.879. The van der Waals surface area contributed by atoms with Gasteiger partial charge in [-0.2, -0.15) is 5.10 Å². The Kier molecular flexibility index (Phi) is 4.55. The summed E-state index contributed by atoms with van der Waals surface area (Å²) in [6, 6.07) is 3.09. The first-order valence-corrected chi connectivity index (χ1v) is 8.34. The van der Waals surface area contributed by atoms with E-state index >= 15 is 0 Å². The zero-order valence-electron chi connectivity index (χ0n) is 14.2. The lowest BCUT2D eigenvalue weighted by Crippen LogP contribution is -2.32. The second-order valence-electron chi connectivity index (χ2n) is 6.94. The maximum absolute atomic E-state index is 11.4. The highest BCUT2D eigenvalue weighted by molar-refractivity contribution is 5.72. The number of hydrogen-bond acceptors (Lipinski definition) is 4. The maximum Gasteiger partial charge on any atom is 0.328 e. The number of aliphatic carboxylic acids is 1. The summed E-state index contributed by atoms with van der Waals surface area (Å²) in [5, 5.41) is 13.6. The Labute approximate surface area is 141 Å². The van der Waals surface area contributed by atoms with Crippen LogP contribution in [0.15, 0.2) is 30.7 Å². The predicted octanol–water partition coefficient (Wildman–Crippen LogP) is 3.40. The van der Waals surface area contributed by atoms with E-state index in [1.54, 1.807) is 18.6 Å². The molecule has 2 heterocycles. The van der Waals surface area contributed by atoms with Gasteiger partial charge in [-0.3, -0.25) is 4.68 Å². The van der Waals surface area contributed by atoms with Crippen molar-refractivity contribution >= 4 is 5.97 Å². The van der Waals surface area contributed by atoms with Gasteiger partial charge in [0.15, 0.2) is 6.04 Å². The van der Waals surface area contributed by atoms with Gasteiger partial charge in [-0.15, -0.1) is 0 Å². The molecule has 1 aliphatic rings. The van der Waals surface area contributed by atoms with E-state index in [-0.39, 0.29) is 12.0 Å². The van der Waals surface area contributed by atoms with Crippen molar-refractivity contribution in [3.8, 4) is 17.0 Å². The first-order chi connectivity index (χ1) is 11.4. The standard InChI is InChI=1S/C18H23N3O3/c1-11(2)17(18(22)23)21-10-14(9-20-21)13-4-5-19-16(8-13)24-15-6-12(3)7-15/h4-5,8-12,15,17H,6-7H2,1-3H3,(H,22,23)/t12-,15+,17?. The minimum Gasteiger partial charge on any atom is -0.480 e. The monoisotopic (exact) mass is 329 g/mol. The molecule has 3 rings (SSSR count). The smallest absolute Gasteiger partial charge is 0.328 e. The zero-order valence-corrected chi connectivity index (χ0v) is 14.2. The van der Waals surface area contributed by atoms with Crippen molar-refractivity contribution in [2.45, 2.75) is 45.8 Å². The molecular weight excluding hydrogens is 306 g/mol. The van der Waals surface area contributed by atoms with E-state index < -0.39 is 12.0 Å². The summed E-state index contributed by atoms with van der Waals surface area (Å²) in [5.74, 6) is 0.404. The van der Waals surface area contributed by atoms with Crippen LogP contribution in [0.2, 0.25) is 0 Å². The molecule has 1 N–H and O–H groups in total. The summed E-state index contributed by atoms with van der Waals surface area (Å²) in [7, 11) is 0. The fraction of sp³-hybridized carbons (Fsp3) is 0.500. The van der Waals surface area contributed by atoms with Crippen molar-refractivity contribution in [2.75, 3.05) is 0 Å². The highest BCUT2D eigenvalue weighted by atomic mass is 16.5. The third-order valence-electron chi connectivity index (χ3n) is 4.46. The number of pyridine rings is 1. The summed E-state index contributed by atoms with van der Waals surface area (Å²) in [6.07, 6.45) is 7.55. The fourth-order valence-corrected chi connectivity index (χ4v) is 3.09. The minimum atomic E-state index is -0.877. The molecule has 24 heavy (non-hydrogen) atoms. The second-order valence-corrected chi connectivity index (χ2v) is 6.94. The molecule has 1 fully saturated rings.